The van der Waals surface area contributed by atoms with Gasteiger partial charge in [-0.15, -0.1) is 0 Å². The summed E-state index contributed by atoms with van der Waals surface area (Å²) < 4.78 is 0. The van der Waals surface area contributed by atoms with Crippen LogP contribution in [0.1, 0.15) is 20.3 Å². The van der Waals surface area contributed by atoms with E-state index < -0.39 is 0 Å². The van der Waals surface area contributed by atoms with Crippen LogP contribution in [0.4, 0.5) is 4.79 Å². The first kappa shape index (κ1) is 12.8. The highest BCUT2D eigenvalue weighted by Crippen LogP contribution is 2.06. The first-order chi connectivity index (χ1) is 7.41. The van der Waals surface area contributed by atoms with E-state index in [9.17, 15) is 9.59 Å². The number of carbonyl (C=O) groups is 2. The summed E-state index contributed by atoms with van der Waals surface area (Å²) in [6.07, 6.45) is 0.291. The maximum absolute atomic E-state index is 11.2. The summed E-state index contributed by atoms with van der Waals surface area (Å²) >= 11 is 0. The van der Waals surface area contributed by atoms with Crippen LogP contribution >= 0.6 is 0 Å². The predicted molar refractivity (Wildman–Crippen MR) is 60.9 cm³/mol. The highest BCUT2D eigenvalue weighted by molar-refractivity contribution is 5.76. The monoisotopic (exact) mass is 228 g/mol. The average Bonchev–Trinajstić information content (AvgIpc) is 2.49. The lowest BCUT2D eigenvalue weighted by molar-refractivity contribution is -0.119. The number of carbonyl (C=O) groups excluding carboxylic acids is 2. The Kier molecular flexibility index (Phi) is 4.12. The Morgan fingerprint density at radius 1 is 1.62 bits per heavy atom. The van der Waals surface area contributed by atoms with Crippen LogP contribution in [0.5, 0.6) is 0 Å². The molecule has 0 atom stereocenters. The van der Waals surface area contributed by atoms with Gasteiger partial charge >= 0.3 is 6.03 Å². The average molecular weight is 228 g/mol. The Balaban J connectivity index is 2.23. The molecule has 1 heterocycles. The topological polar surface area (TPSA) is 87.5 Å². The van der Waals surface area contributed by atoms with E-state index in [1.807, 2.05) is 13.8 Å². The van der Waals surface area contributed by atoms with Crippen molar-refractivity contribution < 1.29 is 9.59 Å². The van der Waals surface area contributed by atoms with Crippen LogP contribution in [0.25, 0.3) is 0 Å². The van der Waals surface area contributed by atoms with Crippen LogP contribution in [0.3, 0.4) is 0 Å². The Morgan fingerprint density at radius 3 is 2.81 bits per heavy atom. The highest BCUT2D eigenvalue weighted by atomic mass is 16.2. The fraction of sp³-hybridized carbons (Fsp3) is 0.800. The summed E-state index contributed by atoms with van der Waals surface area (Å²) in [5.74, 6) is -0.323. The number of urea groups is 1. The van der Waals surface area contributed by atoms with E-state index in [0.29, 0.717) is 26.1 Å². The molecular formula is C10H20N4O2. The van der Waals surface area contributed by atoms with Crippen LogP contribution in [0.15, 0.2) is 0 Å². The molecule has 0 aliphatic carbocycles. The van der Waals surface area contributed by atoms with Crippen LogP contribution in [0.2, 0.25) is 0 Å². The molecule has 92 valence electrons. The van der Waals surface area contributed by atoms with E-state index >= 15 is 0 Å². The van der Waals surface area contributed by atoms with E-state index in [1.165, 1.54) is 0 Å². The third-order valence-corrected chi connectivity index (χ3v) is 2.55. The van der Waals surface area contributed by atoms with Gasteiger partial charge in [0.15, 0.2) is 0 Å². The van der Waals surface area contributed by atoms with Gasteiger partial charge in [-0.2, -0.15) is 0 Å². The Hall–Kier alpha value is -1.30. The number of nitrogens with one attached hydrogen (secondary N) is 2. The van der Waals surface area contributed by atoms with Crippen molar-refractivity contribution in [3.05, 3.63) is 0 Å². The number of hydrogen-bond acceptors (Lipinski definition) is 3. The van der Waals surface area contributed by atoms with E-state index in [0.717, 1.165) is 6.54 Å². The molecule has 0 unspecified atom stereocenters. The number of nitrogens with two attached hydrogens (primary N) is 1. The normalized spacial score (nSPS) is 16.4. The fourth-order valence-electron chi connectivity index (χ4n) is 1.75. The van der Waals surface area contributed by atoms with Crippen molar-refractivity contribution in [1.29, 1.82) is 0 Å². The van der Waals surface area contributed by atoms with Gasteiger partial charge in [-0.1, -0.05) is 0 Å². The summed E-state index contributed by atoms with van der Waals surface area (Å²) in [4.78, 5) is 23.8. The Bertz CT molecular complexity index is 278. The van der Waals surface area contributed by atoms with Crippen molar-refractivity contribution in [1.82, 2.24) is 15.5 Å². The quantitative estimate of drug-likeness (QED) is 0.559. The van der Waals surface area contributed by atoms with Crippen LogP contribution in [-0.4, -0.2) is 48.6 Å². The summed E-state index contributed by atoms with van der Waals surface area (Å²) in [7, 11) is 0. The van der Waals surface area contributed by atoms with Gasteiger partial charge in [0.05, 0.1) is 0 Å². The van der Waals surface area contributed by atoms with Crippen molar-refractivity contribution >= 4 is 11.9 Å². The molecule has 1 saturated heterocycles. The molecule has 0 bridgehead atoms. The summed E-state index contributed by atoms with van der Waals surface area (Å²) in [6.45, 7) is 6.60. The van der Waals surface area contributed by atoms with Crippen molar-refractivity contribution in [2.75, 3.05) is 26.2 Å². The van der Waals surface area contributed by atoms with Gasteiger partial charge < -0.3 is 21.3 Å². The molecule has 1 aliphatic heterocycles. The van der Waals surface area contributed by atoms with Gasteiger partial charge in [0, 0.05) is 38.1 Å². The first-order valence-corrected chi connectivity index (χ1v) is 5.47. The second kappa shape index (κ2) is 5.16. The standard InChI is InChI=1S/C10H20N4O2/c1-10(2,7-8(11)15)13-4-6-14-5-3-12-9(14)16/h13H,3-7H2,1-2H3,(H2,11,15)(H,12,16). The molecule has 6 nitrogen and oxygen atoms in total. The molecule has 0 spiro atoms. The van der Waals surface area contributed by atoms with Crippen molar-refractivity contribution in [3.63, 3.8) is 0 Å². The summed E-state index contributed by atoms with van der Waals surface area (Å²) in [5.41, 5.74) is 4.82. The smallest absolute Gasteiger partial charge is 0.317 e. The van der Waals surface area contributed by atoms with Crippen LogP contribution in [-0.2, 0) is 4.79 Å². The van der Waals surface area contributed by atoms with E-state index in [4.69, 9.17) is 5.73 Å². The lowest BCUT2D eigenvalue weighted by Gasteiger charge is -2.26. The first-order valence-electron chi connectivity index (χ1n) is 5.47. The number of rotatable bonds is 6. The number of hydrogen-bond donors (Lipinski definition) is 3. The molecule has 0 aromatic heterocycles. The van der Waals surface area contributed by atoms with Gasteiger partial charge in [-0.05, 0) is 13.8 Å². The summed E-state index contributed by atoms with van der Waals surface area (Å²) in [5, 5.41) is 5.95. The SMILES string of the molecule is CC(C)(CC(N)=O)NCCN1CCNC1=O. The van der Waals surface area contributed by atoms with E-state index in [1.54, 1.807) is 4.90 Å². The van der Waals surface area contributed by atoms with Crippen molar-refractivity contribution in [2.24, 2.45) is 5.73 Å². The van der Waals surface area contributed by atoms with Crippen LogP contribution < -0.4 is 16.4 Å². The Labute approximate surface area is 95.5 Å². The van der Waals surface area contributed by atoms with Crippen molar-refractivity contribution in [2.45, 2.75) is 25.8 Å². The number of primary amides is 1. The molecule has 1 aliphatic rings. The van der Waals surface area contributed by atoms with Crippen LogP contribution in [0, 0.1) is 0 Å². The third kappa shape index (κ3) is 4.06. The zero-order valence-electron chi connectivity index (χ0n) is 9.88. The maximum atomic E-state index is 11.2. The van der Waals surface area contributed by atoms with E-state index in [2.05, 4.69) is 10.6 Å². The third-order valence-electron chi connectivity index (χ3n) is 2.55. The van der Waals surface area contributed by atoms with Gasteiger partial charge in [0.25, 0.3) is 0 Å². The minimum atomic E-state index is -0.323. The second-order valence-corrected chi connectivity index (χ2v) is 4.67. The van der Waals surface area contributed by atoms with Crippen molar-refractivity contribution in [3.8, 4) is 0 Å². The zero-order chi connectivity index (χ0) is 12.2. The van der Waals surface area contributed by atoms with Gasteiger partial charge in [-0.3, -0.25) is 4.79 Å². The minimum absolute atomic E-state index is 0.0190. The maximum Gasteiger partial charge on any atom is 0.317 e. The molecule has 1 fully saturated rings. The lowest BCUT2D eigenvalue weighted by atomic mass is 10.0. The zero-order valence-corrected chi connectivity index (χ0v) is 9.88. The molecule has 0 aromatic carbocycles. The van der Waals surface area contributed by atoms with Gasteiger partial charge in [-0.25, -0.2) is 4.79 Å². The molecule has 16 heavy (non-hydrogen) atoms. The lowest BCUT2D eigenvalue weighted by Crippen LogP contribution is -2.46. The van der Waals surface area contributed by atoms with E-state index in [-0.39, 0.29) is 17.5 Å². The molecule has 0 aromatic rings. The molecule has 0 radical (unpaired) electrons. The molecule has 4 N–H and O–H groups in total. The predicted octanol–water partition coefficient (Wildman–Crippen LogP) is -0.745. The highest BCUT2D eigenvalue weighted by Gasteiger charge is 2.22. The van der Waals surface area contributed by atoms with Gasteiger partial charge in [0.2, 0.25) is 5.91 Å². The number of nitrogens with zero attached hydrogens (tertiary/aromatic N) is 1. The minimum Gasteiger partial charge on any atom is -0.370 e. The van der Waals surface area contributed by atoms with Gasteiger partial charge in [0.1, 0.15) is 0 Å². The molecule has 1 rings (SSSR count). The molecule has 6 heteroatoms. The molecule has 0 saturated carbocycles. The summed E-state index contributed by atoms with van der Waals surface area (Å²) in [6, 6.07) is -0.0190. The molecular weight excluding hydrogens is 208 g/mol. The number of amides is 3. The fourth-order valence-corrected chi connectivity index (χ4v) is 1.75. The molecule has 3 amide bonds. The Morgan fingerprint density at radius 2 is 2.31 bits per heavy atom. The largest absolute Gasteiger partial charge is 0.370 e. The second-order valence-electron chi connectivity index (χ2n) is 4.67.